The zero-order valence-corrected chi connectivity index (χ0v) is 17.4. The number of anilines is 1. The number of nitrogens with zero attached hydrogens (tertiary/aromatic N) is 2. The van der Waals surface area contributed by atoms with Gasteiger partial charge in [0.2, 0.25) is 0 Å². The number of hydrogen-bond donors (Lipinski definition) is 1. The fourth-order valence-corrected chi connectivity index (χ4v) is 3.81. The summed E-state index contributed by atoms with van der Waals surface area (Å²) in [6, 6.07) is 7.37. The Morgan fingerprint density at radius 1 is 1.32 bits per heavy atom. The molecule has 146 valence electrons. The molecule has 0 aliphatic carbocycles. The molecule has 0 saturated heterocycles. The van der Waals surface area contributed by atoms with Crippen LogP contribution in [-0.4, -0.2) is 21.7 Å². The number of ether oxygens (including phenoxy) is 1. The van der Waals surface area contributed by atoms with E-state index in [1.165, 1.54) is 17.7 Å². The standard InChI is InChI=1S/C20H20BrN3O4/c1-5-9-28-19(26)14-11(2)22-17-16(18(25)24(4)20(27)23(17)3)15(14)12-7-6-8-13(21)10-12/h5-8,10,15,22H,1,9H2,2-4H3. The summed E-state index contributed by atoms with van der Waals surface area (Å²) in [5.41, 5.74) is 0.987. The number of carbonyl (C=O) groups excluding carboxylic acids is 1. The molecule has 0 radical (unpaired) electrons. The molecule has 1 unspecified atom stereocenters. The lowest BCUT2D eigenvalue weighted by Gasteiger charge is -2.30. The van der Waals surface area contributed by atoms with Gasteiger partial charge in [0, 0.05) is 24.3 Å². The predicted molar refractivity (Wildman–Crippen MR) is 110 cm³/mol. The molecule has 1 N–H and O–H groups in total. The van der Waals surface area contributed by atoms with Crippen molar-refractivity contribution in [2.45, 2.75) is 12.8 Å². The van der Waals surface area contributed by atoms with Crippen LogP contribution < -0.4 is 16.6 Å². The quantitative estimate of drug-likeness (QED) is 0.576. The van der Waals surface area contributed by atoms with Crippen molar-refractivity contribution >= 4 is 27.7 Å². The number of nitrogens with one attached hydrogen (secondary N) is 1. The molecule has 0 bridgehead atoms. The summed E-state index contributed by atoms with van der Waals surface area (Å²) in [6.07, 6.45) is 1.48. The van der Waals surface area contributed by atoms with Crippen LogP contribution >= 0.6 is 15.9 Å². The number of fused-ring (bicyclic) bond motifs is 1. The third kappa shape index (κ3) is 3.24. The Balaban J connectivity index is 2.35. The highest BCUT2D eigenvalue weighted by atomic mass is 79.9. The third-order valence-electron chi connectivity index (χ3n) is 4.72. The van der Waals surface area contributed by atoms with Gasteiger partial charge in [-0.25, -0.2) is 9.59 Å². The number of esters is 1. The number of carbonyl (C=O) groups is 1. The summed E-state index contributed by atoms with van der Waals surface area (Å²) in [4.78, 5) is 38.3. The second kappa shape index (κ2) is 7.63. The molecule has 1 aliphatic heterocycles. The van der Waals surface area contributed by atoms with Crippen molar-refractivity contribution < 1.29 is 9.53 Å². The molecule has 0 spiro atoms. The molecule has 1 aliphatic rings. The molecule has 0 amide bonds. The van der Waals surface area contributed by atoms with Gasteiger partial charge < -0.3 is 10.1 Å². The largest absolute Gasteiger partial charge is 0.458 e. The van der Waals surface area contributed by atoms with Crippen molar-refractivity contribution in [2.24, 2.45) is 14.1 Å². The second-order valence-corrected chi connectivity index (χ2v) is 7.42. The first-order valence-electron chi connectivity index (χ1n) is 8.59. The van der Waals surface area contributed by atoms with Crippen LogP contribution in [0.2, 0.25) is 0 Å². The summed E-state index contributed by atoms with van der Waals surface area (Å²) in [6.45, 7) is 5.34. The molecule has 2 heterocycles. The molecule has 28 heavy (non-hydrogen) atoms. The number of rotatable bonds is 4. The van der Waals surface area contributed by atoms with Gasteiger partial charge >= 0.3 is 11.7 Å². The average Bonchev–Trinajstić information content (AvgIpc) is 2.67. The number of hydrogen-bond acceptors (Lipinski definition) is 5. The minimum Gasteiger partial charge on any atom is -0.458 e. The molecule has 3 rings (SSSR count). The van der Waals surface area contributed by atoms with Crippen LogP contribution in [0.4, 0.5) is 5.82 Å². The monoisotopic (exact) mass is 445 g/mol. The maximum absolute atomic E-state index is 13.1. The molecule has 1 aromatic carbocycles. The van der Waals surface area contributed by atoms with Gasteiger partial charge in [-0.1, -0.05) is 40.7 Å². The van der Waals surface area contributed by atoms with E-state index in [4.69, 9.17) is 4.74 Å². The molecule has 1 aromatic heterocycles. The first-order chi connectivity index (χ1) is 13.3. The van der Waals surface area contributed by atoms with Crippen molar-refractivity contribution in [2.75, 3.05) is 11.9 Å². The molecule has 0 saturated carbocycles. The van der Waals surface area contributed by atoms with E-state index in [0.717, 1.165) is 14.6 Å². The smallest absolute Gasteiger partial charge is 0.337 e. The van der Waals surface area contributed by atoms with Crippen LogP contribution in [0.3, 0.4) is 0 Å². The Morgan fingerprint density at radius 3 is 2.68 bits per heavy atom. The van der Waals surface area contributed by atoms with Crippen LogP contribution in [0.5, 0.6) is 0 Å². The lowest BCUT2D eigenvalue weighted by atomic mass is 9.82. The highest BCUT2D eigenvalue weighted by Crippen LogP contribution is 2.40. The van der Waals surface area contributed by atoms with Crippen molar-refractivity contribution in [1.29, 1.82) is 0 Å². The topological polar surface area (TPSA) is 82.3 Å². The van der Waals surface area contributed by atoms with E-state index in [1.807, 2.05) is 24.3 Å². The van der Waals surface area contributed by atoms with Crippen molar-refractivity contribution in [1.82, 2.24) is 9.13 Å². The van der Waals surface area contributed by atoms with E-state index in [9.17, 15) is 14.4 Å². The lowest BCUT2D eigenvalue weighted by Crippen LogP contribution is -2.43. The molecular formula is C20H20BrN3O4. The Kier molecular flexibility index (Phi) is 5.42. The van der Waals surface area contributed by atoms with E-state index in [2.05, 4.69) is 27.8 Å². The minimum atomic E-state index is -0.684. The molecule has 8 heteroatoms. The molecular weight excluding hydrogens is 426 g/mol. The van der Waals surface area contributed by atoms with Gasteiger partial charge in [-0.3, -0.25) is 13.9 Å². The predicted octanol–water partition coefficient (Wildman–Crippen LogP) is 2.41. The van der Waals surface area contributed by atoms with Crippen molar-refractivity contribution in [3.63, 3.8) is 0 Å². The lowest BCUT2D eigenvalue weighted by molar-refractivity contribution is -0.138. The fraction of sp³-hybridized carbons (Fsp3) is 0.250. The maximum atomic E-state index is 13.1. The number of benzene rings is 1. The van der Waals surface area contributed by atoms with Gasteiger partial charge in [-0.15, -0.1) is 0 Å². The van der Waals surface area contributed by atoms with Crippen LogP contribution in [0.1, 0.15) is 24.0 Å². The van der Waals surface area contributed by atoms with E-state index in [-0.39, 0.29) is 6.61 Å². The van der Waals surface area contributed by atoms with E-state index < -0.39 is 23.1 Å². The normalized spacial score (nSPS) is 15.6. The van der Waals surface area contributed by atoms with Crippen molar-refractivity contribution in [3.05, 3.63) is 84.6 Å². The van der Waals surface area contributed by atoms with Crippen LogP contribution in [0.15, 0.2) is 62.3 Å². The number of allylic oxidation sites excluding steroid dienone is 1. The summed E-state index contributed by atoms with van der Waals surface area (Å²) >= 11 is 3.44. The summed E-state index contributed by atoms with van der Waals surface area (Å²) in [5.74, 6) is -0.858. The highest BCUT2D eigenvalue weighted by molar-refractivity contribution is 9.10. The van der Waals surface area contributed by atoms with Gasteiger partial charge in [-0.2, -0.15) is 0 Å². The van der Waals surface area contributed by atoms with Gasteiger partial charge in [0.05, 0.1) is 17.1 Å². The summed E-state index contributed by atoms with van der Waals surface area (Å²) < 4.78 is 8.50. The van der Waals surface area contributed by atoms with E-state index in [0.29, 0.717) is 22.7 Å². The van der Waals surface area contributed by atoms with Gasteiger partial charge in [-0.05, 0) is 24.6 Å². The van der Waals surface area contributed by atoms with Crippen molar-refractivity contribution in [3.8, 4) is 0 Å². The fourth-order valence-electron chi connectivity index (χ4n) is 3.39. The SMILES string of the molecule is C=CCOC(=O)C1=C(C)Nc2c(c(=O)n(C)c(=O)n2C)C1c1cccc(Br)c1. The molecule has 1 atom stereocenters. The zero-order chi connectivity index (χ0) is 20.6. The number of aromatic nitrogens is 2. The maximum Gasteiger partial charge on any atom is 0.337 e. The van der Waals surface area contributed by atoms with Gasteiger partial charge in [0.1, 0.15) is 12.4 Å². The van der Waals surface area contributed by atoms with Gasteiger partial charge in [0.15, 0.2) is 0 Å². The Hall–Kier alpha value is -2.87. The second-order valence-electron chi connectivity index (χ2n) is 6.51. The van der Waals surface area contributed by atoms with E-state index in [1.54, 1.807) is 14.0 Å². The molecule has 0 fully saturated rings. The number of halogens is 1. The van der Waals surface area contributed by atoms with E-state index >= 15 is 0 Å². The van der Waals surface area contributed by atoms with Crippen LogP contribution in [0.25, 0.3) is 0 Å². The minimum absolute atomic E-state index is 0.0545. The Bertz CT molecular complexity index is 1130. The molecule has 2 aromatic rings. The summed E-state index contributed by atoms with van der Waals surface area (Å²) in [5, 5.41) is 3.05. The average molecular weight is 446 g/mol. The first-order valence-corrected chi connectivity index (χ1v) is 9.38. The zero-order valence-electron chi connectivity index (χ0n) is 15.8. The molecule has 7 nitrogen and oxygen atoms in total. The summed E-state index contributed by atoms with van der Waals surface area (Å²) in [7, 11) is 3.00. The van der Waals surface area contributed by atoms with Crippen LogP contribution in [0, 0.1) is 0 Å². The Labute approximate surface area is 170 Å². The third-order valence-corrected chi connectivity index (χ3v) is 5.21. The Morgan fingerprint density at radius 2 is 2.04 bits per heavy atom. The first kappa shape index (κ1) is 19.9. The van der Waals surface area contributed by atoms with Gasteiger partial charge in [0.25, 0.3) is 5.56 Å². The van der Waals surface area contributed by atoms with Crippen LogP contribution in [-0.2, 0) is 23.6 Å². The highest BCUT2D eigenvalue weighted by Gasteiger charge is 2.37.